The van der Waals surface area contributed by atoms with Gasteiger partial charge in [0.25, 0.3) is 5.91 Å². The second kappa shape index (κ2) is 5.17. The van der Waals surface area contributed by atoms with Crippen LogP contribution in [0.4, 0.5) is 5.69 Å². The van der Waals surface area contributed by atoms with E-state index < -0.39 is 0 Å². The lowest BCUT2D eigenvalue weighted by Crippen LogP contribution is -2.22. The Balaban J connectivity index is 2.65. The van der Waals surface area contributed by atoms with Gasteiger partial charge in [-0.05, 0) is 23.8 Å². The highest BCUT2D eigenvalue weighted by Gasteiger charge is 2.01. The van der Waals surface area contributed by atoms with E-state index in [4.69, 9.17) is 10.6 Å². The molecule has 2 N–H and O–H groups in total. The number of nitrogens with two attached hydrogens (primary N) is 1. The quantitative estimate of drug-likeness (QED) is 0.461. The Hall–Kier alpha value is -1.81. The van der Waals surface area contributed by atoms with Crippen LogP contribution in [-0.4, -0.2) is 25.1 Å². The van der Waals surface area contributed by atoms with Gasteiger partial charge in [-0.2, -0.15) is 0 Å². The number of carbonyl (C=O) groups excluding carboxylic acids is 1. The van der Waals surface area contributed by atoms with Crippen molar-refractivity contribution >= 4 is 17.7 Å². The number of anilines is 1. The van der Waals surface area contributed by atoms with Gasteiger partial charge < -0.3 is 5.73 Å². The predicted molar refractivity (Wildman–Crippen MR) is 59.7 cm³/mol. The summed E-state index contributed by atoms with van der Waals surface area (Å²) >= 11 is 0. The molecule has 1 rings (SSSR count). The minimum atomic E-state index is -0.214. The highest BCUT2D eigenvalue weighted by Crippen LogP contribution is 2.07. The van der Waals surface area contributed by atoms with E-state index in [9.17, 15) is 4.79 Å². The van der Waals surface area contributed by atoms with E-state index in [1.54, 1.807) is 25.3 Å². The molecular weight excluding hydrogens is 192 g/mol. The number of benzene rings is 1. The van der Waals surface area contributed by atoms with Crippen molar-refractivity contribution in [2.75, 3.05) is 19.9 Å². The summed E-state index contributed by atoms with van der Waals surface area (Å²) in [6.07, 6.45) is 3.15. The van der Waals surface area contributed by atoms with Crippen molar-refractivity contribution in [3.63, 3.8) is 0 Å². The molecule has 0 aliphatic rings. The van der Waals surface area contributed by atoms with Gasteiger partial charge in [-0.3, -0.25) is 9.63 Å². The van der Waals surface area contributed by atoms with Gasteiger partial charge in [-0.1, -0.05) is 12.1 Å². The standard InChI is InChI=1S/C11H14N2O2/c1-13(15-2)11(14)8-5-9-3-6-10(12)7-4-9/h3-8H,12H2,1-2H3/b8-5+. The van der Waals surface area contributed by atoms with Gasteiger partial charge in [0, 0.05) is 18.8 Å². The van der Waals surface area contributed by atoms with Gasteiger partial charge in [0.05, 0.1) is 7.11 Å². The molecule has 15 heavy (non-hydrogen) atoms. The predicted octanol–water partition coefficient (Wildman–Crippen LogP) is 1.30. The number of rotatable bonds is 3. The van der Waals surface area contributed by atoms with Crippen LogP contribution < -0.4 is 5.73 Å². The molecule has 0 heterocycles. The third kappa shape index (κ3) is 3.44. The molecule has 4 heteroatoms. The van der Waals surface area contributed by atoms with Crippen LogP contribution in [0.5, 0.6) is 0 Å². The summed E-state index contributed by atoms with van der Waals surface area (Å²) in [7, 11) is 2.99. The Morgan fingerprint density at radius 2 is 2.00 bits per heavy atom. The largest absolute Gasteiger partial charge is 0.399 e. The lowest BCUT2D eigenvalue weighted by atomic mass is 10.2. The SMILES string of the molecule is CON(C)C(=O)/C=C/c1ccc(N)cc1. The number of hydrogen-bond donors (Lipinski definition) is 1. The van der Waals surface area contributed by atoms with Gasteiger partial charge >= 0.3 is 0 Å². The number of amides is 1. The Bertz CT molecular complexity index is 357. The number of nitrogen functional groups attached to an aromatic ring is 1. The Morgan fingerprint density at radius 1 is 1.40 bits per heavy atom. The molecule has 1 amide bonds. The van der Waals surface area contributed by atoms with Crippen LogP contribution in [0.25, 0.3) is 6.08 Å². The second-order valence-corrected chi connectivity index (χ2v) is 3.02. The zero-order chi connectivity index (χ0) is 11.3. The van der Waals surface area contributed by atoms with Gasteiger partial charge in [-0.25, -0.2) is 5.06 Å². The molecule has 0 unspecified atom stereocenters. The molecule has 1 aromatic carbocycles. The Labute approximate surface area is 88.9 Å². The number of carbonyl (C=O) groups is 1. The number of hydroxylamine groups is 2. The maximum atomic E-state index is 11.3. The van der Waals surface area contributed by atoms with Crippen molar-refractivity contribution in [2.45, 2.75) is 0 Å². The molecule has 0 saturated heterocycles. The summed E-state index contributed by atoms with van der Waals surface area (Å²) < 4.78 is 0. The highest BCUT2D eigenvalue weighted by molar-refractivity contribution is 5.90. The van der Waals surface area contributed by atoms with Crippen molar-refractivity contribution in [1.29, 1.82) is 0 Å². The molecular formula is C11H14N2O2. The summed E-state index contributed by atoms with van der Waals surface area (Å²) in [4.78, 5) is 16.0. The maximum absolute atomic E-state index is 11.3. The summed E-state index contributed by atoms with van der Waals surface area (Å²) in [6, 6.07) is 7.24. The summed E-state index contributed by atoms with van der Waals surface area (Å²) in [5.41, 5.74) is 7.15. The smallest absolute Gasteiger partial charge is 0.269 e. The monoisotopic (exact) mass is 206 g/mol. The van der Waals surface area contributed by atoms with E-state index in [1.807, 2.05) is 12.1 Å². The van der Waals surface area contributed by atoms with Crippen LogP contribution in [0.1, 0.15) is 5.56 Å². The fourth-order valence-corrected chi connectivity index (χ4v) is 0.970. The fourth-order valence-electron chi connectivity index (χ4n) is 0.970. The molecule has 0 atom stereocenters. The lowest BCUT2D eigenvalue weighted by Gasteiger charge is -2.09. The molecule has 1 aromatic rings. The molecule has 0 bridgehead atoms. The van der Waals surface area contributed by atoms with E-state index in [0.717, 1.165) is 10.6 Å². The molecule has 4 nitrogen and oxygen atoms in total. The molecule has 0 aromatic heterocycles. The van der Waals surface area contributed by atoms with Gasteiger partial charge in [0.1, 0.15) is 0 Å². The number of hydrogen-bond acceptors (Lipinski definition) is 3. The first-order chi connectivity index (χ1) is 7.13. The molecule has 0 radical (unpaired) electrons. The third-order valence-corrected chi connectivity index (χ3v) is 1.94. The molecule has 0 spiro atoms. The van der Waals surface area contributed by atoms with Crippen molar-refractivity contribution in [1.82, 2.24) is 5.06 Å². The molecule has 80 valence electrons. The minimum Gasteiger partial charge on any atom is -0.399 e. The highest BCUT2D eigenvalue weighted by atomic mass is 16.7. The Morgan fingerprint density at radius 3 is 2.53 bits per heavy atom. The molecule has 0 aliphatic carbocycles. The molecule has 0 aliphatic heterocycles. The lowest BCUT2D eigenvalue weighted by molar-refractivity contribution is -0.162. The van der Waals surface area contributed by atoms with E-state index >= 15 is 0 Å². The first-order valence-corrected chi connectivity index (χ1v) is 4.49. The zero-order valence-electron chi connectivity index (χ0n) is 8.81. The fraction of sp³-hybridized carbons (Fsp3) is 0.182. The van der Waals surface area contributed by atoms with Crippen LogP contribution >= 0.6 is 0 Å². The van der Waals surface area contributed by atoms with Crippen LogP contribution in [0.2, 0.25) is 0 Å². The summed E-state index contributed by atoms with van der Waals surface area (Å²) in [5.74, 6) is -0.214. The van der Waals surface area contributed by atoms with E-state index in [1.165, 1.54) is 13.2 Å². The van der Waals surface area contributed by atoms with Gasteiger partial charge in [-0.15, -0.1) is 0 Å². The average molecular weight is 206 g/mol. The first kappa shape index (κ1) is 11.3. The Kier molecular flexibility index (Phi) is 3.88. The summed E-state index contributed by atoms with van der Waals surface area (Å²) in [5, 5.41) is 1.15. The minimum absolute atomic E-state index is 0.214. The van der Waals surface area contributed by atoms with Crippen molar-refractivity contribution < 1.29 is 9.63 Å². The molecule has 0 saturated carbocycles. The van der Waals surface area contributed by atoms with Crippen LogP contribution in [0.3, 0.4) is 0 Å². The van der Waals surface area contributed by atoms with Gasteiger partial charge in [0.15, 0.2) is 0 Å². The topological polar surface area (TPSA) is 55.6 Å². The van der Waals surface area contributed by atoms with Crippen LogP contribution in [0, 0.1) is 0 Å². The van der Waals surface area contributed by atoms with Crippen LogP contribution in [0.15, 0.2) is 30.3 Å². The summed E-state index contributed by atoms with van der Waals surface area (Å²) in [6.45, 7) is 0. The van der Waals surface area contributed by atoms with E-state index in [2.05, 4.69) is 0 Å². The normalized spacial score (nSPS) is 10.5. The first-order valence-electron chi connectivity index (χ1n) is 4.49. The number of nitrogens with zero attached hydrogens (tertiary/aromatic N) is 1. The molecule has 0 fully saturated rings. The average Bonchev–Trinajstić information content (AvgIpc) is 2.26. The van der Waals surface area contributed by atoms with Crippen LogP contribution in [-0.2, 0) is 9.63 Å². The van der Waals surface area contributed by atoms with Crippen molar-refractivity contribution in [2.24, 2.45) is 0 Å². The van der Waals surface area contributed by atoms with Gasteiger partial charge in [0.2, 0.25) is 0 Å². The zero-order valence-corrected chi connectivity index (χ0v) is 8.81. The van der Waals surface area contributed by atoms with Crippen molar-refractivity contribution in [3.8, 4) is 0 Å². The second-order valence-electron chi connectivity index (χ2n) is 3.02. The van der Waals surface area contributed by atoms with Crippen molar-refractivity contribution in [3.05, 3.63) is 35.9 Å². The third-order valence-electron chi connectivity index (χ3n) is 1.94. The van der Waals surface area contributed by atoms with E-state index in [-0.39, 0.29) is 5.91 Å². The van der Waals surface area contributed by atoms with E-state index in [0.29, 0.717) is 5.69 Å². The maximum Gasteiger partial charge on any atom is 0.269 e. The number of likely N-dealkylation sites (N-methyl/N-ethyl adjacent to an activating group) is 1.